The average molecular weight is 237 g/mol. The summed E-state index contributed by atoms with van der Waals surface area (Å²) in [6, 6.07) is 5.20. The summed E-state index contributed by atoms with van der Waals surface area (Å²) < 4.78 is 16.8. The molecule has 0 atom stereocenters. The fourth-order valence-electron chi connectivity index (χ4n) is 1.22. The topological polar surface area (TPSA) is 9.23 Å². The summed E-state index contributed by atoms with van der Waals surface area (Å²) in [5.41, 5.74) is 0.826. The van der Waals surface area contributed by atoms with Gasteiger partial charge in [0.15, 0.2) is 0 Å². The van der Waals surface area contributed by atoms with E-state index >= 15 is 0 Å². The highest BCUT2D eigenvalue weighted by atomic mass is 35.5. The van der Waals surface area contributed by atoms with Gasteiger partial charge in [0, 0.05) is 16.5 Å². The Hall–Kier alpha value is -0.470. The monoisotopic (exact) mass is 236 g/mol. The zero-order valence-electron chi connectivity index (χ0n) is 7.60. The minimum Gasteiger partial charge on any atom is -0.463 e. The Morgan fingerprint density at radius 2 is 2.14 bits per heavy atom. The van der Waals surface area contributed by atoms with Crippen LogP contribution in [0.15, 0.2) is 18.2 Å². The molecular formula is C10H11Cl2FO. The molecule has 1 rings (SSSR count). The maximum Gasteiger partial charge on any atom is 0.228 e. The minimum atomic E-state index is -0.839. The van der Waals surface area contributed by atoms with E-state index in [1.807, 2.05) is 0 Å². The third-order valence-corrected chi connectivity index (χ3v) is 2.47. The predicted octanol–water partition coefficient (Wildman–Crippen LogP) is 3.82. The van der Waals surface area contributed by atoms with E-state index in [0.29, 0.717) is 23.1 Å². The van der Waals surface area contributed by atoms with Gasteiger partial charge < -0.3 is 4.74 Å². The number of hydrogen-bond donors (Lipinski definition) is 0. The molecule has 1 nitrogen and oxygen atoms in total. The average Bonchev–Trinajstić information content (AvgIpc) is 2.18. The van der Waals surface area contributed by atoms with Crippen LogP contribution in [0.2, 0.25) is 5.02 Å². The molecule has 0 radical (unpaired) electrons. The molecule has 0 amide bonds. The van der Waals surface area contributed by atoms with Crippen LogP contribution in [0.4, 0.5) is 4.39 Å². The summed E-state index contributed by atoms with van der Waals surface area (Å²) in [4.78, 5) is 0. The van der Waals surface area contributed by atoms with Gasteiger partial charge in [0.05, 0.1) is 0 Å². The number of halogens is 3. The zero-order chi connectivity index (χ0) is 10.4. The molecule has 0 saturated heterocycles. The summed E-state index contributed by atoms with van der Waals surface area (Å²) in [7, 11) is 0. The molecule has 0 aliphatic rings. The fourth-order valence-corrected chi connectivity index (χ4v) is 1.61. The Labute approximate surface area is 92.8 Å². The molecule has 0 fully saturated rings. The molecule has 0 N–H and O–H groups in total. The first-order valence-electron chi connectivity index (χ1n) is 4.31. The summed E-state index contributed by atoms with van der Waals surface area (Å²) in [5.74, 6) is 1.06. The van der Waals surface area contributed by atoms with Crippen molar-refractivity contribution < 1.29 is 9.13 Å². The van der Waals surface area contributed by atoms with Gasteiger partial charge in [0.2, 0.25) is 6.86 Å². The van der Waals surface area contributed by atoms with Crippen molar-refractivity contribution >= 4 is 23.2 Å². The Bertz CT molecular complexity index is 291. The van der Waals surface area contributed by atoms with Crippen molar-refractivity contribution in [1.82, 2.24) is 0 Å². The molecule has 14 heavy (non-hydrogen) atoms. The minimum absolute atomic E-state index is 0.505. The Kier molecular flexibility index (Phi) is 5.05. The summed E-state index contributed by atoms with van der Waals surface area (Å²) >= 11 is 11.5. The predicted molar refractivity (Wildman–Crippen MR) is 57.1 cm³/mol. The molecule has 78 valence electrons. The van der Waals surface area contributed by atoms with Crippen molar-refractivity contribution in [2.24, 2.45) is 0 Å². The second-order valence-corrected chi connectivity index (χ2v) is 3.55. The first kappa shape index (κ1) is 11.6. The lowest BCUT2D eigenvalue weighted by atomic mass is 10.1. The molecule has 0 bridgehead atoms. The second-order valence-electron chi connectivity index (χ2n) is 2.76. The van der Waals surface area contributed by atoms with Gasteiger partial charge in [-0.1, -0.05) is 17.7 Å². The summed E-state index contributed by atoms with van der Waals surface area (Å²) in [6.45, 7) is -0.839. The molecule has 0 unspecified atom stereocenters. The van der Waals surface area contributed by atoms with Gasteiger partial charge in [-0.3, -0.25) is 0 Å². The second kappa shape index (κ2) is 6.10. The van der Waals surface area contributed by atoms with Gasteiger partial charge in [-0.05, 0) is 25.0 Å². The van der Waals surface area contributed by atoms with E-state index < -0.39 is 6.86 Å². The first-order valence-corrected chi connectivity index (χ1v) is 5.23. The highest BCUT2D eigenvalue weighted by Crippen LogP contribution is 2.27. The van der Waals surface area contributed by atoms with Crippen molar-refractivity contribution in [3.8, 4) is 5.75 Å². The van der Waals surface area contributed by atoms with E-state index in [0.717, 1.165) is 12.0 Å². The van der Waals surface area contributed by atoms with Crippen molar-refractivity contribution in [3.05, 3.63) is 28.8 Å². The van der Waals surface area contributed by atoms with Gasteiger partial charge >= 0.3 is 0 Å². The Morgan fingerprint density at radius 1 is 1.36 bits per heavy atom. The molecule has 0 aliphatic heterocycles. The number of rotatable bonds is 5. The SMILES string of the molecule is FCOc1cccc(Cl)c1CCCCl. The molecule has 0 aromatic heterocycles. The van der Waals surface area contributed by atoms with Crippen LogP contribution in [-0.4, -0.2) is 12.7 Å². The van der Waals surface area contributed by atoms with E-state index in [1.165, 1.54) is 0 Å². The molecule has 4 heteroatoms. The van der Waals surface area contributed by atoms with Gasteiger partial charge in [0.25, 0.3) is 0 Å². The van der Waals surface area contributed by atoms with Crippen LogP contribution in [0.3, 0.4) is 0 Å². The van der Waals surface area contributed by atoms with Crippen molar-refractivity contribution in [2.45, 2.75) is 12.8 Å². The van der Waals surface area contributed by atoms with E-state index in [4.69, 9.17) is 27.9 Å². The van der Waals surface area contributed by atoms with Crippen molar-refractivity contribution in [1.29, 1.82) is 0 Å². The molecule has 0 heterocycles. The van der Waals surface area contributed by atoms with Gasteiger partial charge in [-0.25, -0.2) is 4.39 Å². The smallest absolute Gasteiger partial charge is 0.228 e. The van der Waals surface area contributed by atoms with Crippen LogP contribution in [0.25, 0.3) is 0 Å². The van der Waals surface area contributed by atoms with Gasteiger partial charge in [-0.15, -0.1) is 11.6 Å². The van der Waals surface area contributed by atoms with Gasteiger partial charge in [-0.2, -0.15) is 0 Å². The first-order chi connectivity index (χ1) is 6.79. The molecule has 0 spiro atoms. The molecule has 0 aliphatic carbocycles. The summed E-state index contributed by atoms with van der Waals surface area (Å²) in [6.07, 6.45) is 1.51. The fraction of sp³-hybridized carbons (Fsp3) is 0.400. The van der Waals surface area contributed by atoms with Crippen LogP contribution in [0.1, 0.15) is 12.0 Å². The Balaban J connectivity index is 2.84. The highest BCUT2D eigenvalue weighted by molar-refractivity contribution is 6.31. The summed E-state index contributed by atoms with van der Waals surface area (Å²) in [5, 5.41) is 0.598. The van der Waals surface area contributed by atoms with Crippen molar-refractivity contribution in [3.63, 3.8) is 0 Å². The standard InChI is InChI=1S/C10H11Cl2FO/c11-6-2-3-8-9(12)4-1-5-10(8)14-7-13/h1,4-5H,2-3,6-7H2. The lowest BCUT2D eigenvalue weighted by Gasteiger charge is -2.09. The van der Waals surface area contributed by atoms with Crippen LogP contribution in [0.5, 0.6) is 5.75 Å². The van der Waals surface area contributed by atoms with E-state index in [-0.39, 0.29) is 0 Å². The third-order valence-electron chi connectivity index (χ3n) is 1.85. The normalized spacial score (nSPS) is 10.2. The van der Waals surface area contributed by atoms with E-state index in [9.17, 15) is 4.39 Å². The number of benzene rings is 1. The lowest BCUT2D eigenvalue weighted by molar-refractivity contribution is 0.190. The molecule has 1 aromatic rings. The van der Waals surface area contributed by atoms with Gasteiger partial charge in [0.1, 0.15) is 5.75 Å². The lowest BCUT2D eigenvalue weighted by Crippen LogP contribution is -1.97. The maximum atomic E-state index is 12.0. The van der Waals surface area contributed by atoms with E-state index in [1.54, 1.807) is 18.2 Å². The number of alkyl halides is 2. The van der Waals surface area contributed by atoms with Crippen LogP contribution in [-0.2, 0) is 6.42 Å². The molecule has 0 saturated carbocycles. The van der Waals surface area contributed by atoms with Crippen LogP contribution < -0.4 is 4.74 Å². The number of hydrogen-bond acceptors (Lipinski definition) is 1. The quantitative estimate of drug-likeness (QED) is 0.707. The molecular weight excluding hydrogens is 226 g/mol. The highest BCUT2D eigenvalue weighted by Gasteiger charge is 2.07. The van der Waals surface area contributed by atoms with Crippen LogP contribution in [0, 0.1) is 0 Å². The molecule has 1 aromatic carbocycles. The Morgan fingerprint density at radius 3 is 2.79 bits per heavy atom. The van der Waals surface area contributed by atoms with Crippen LogP contribution >= 0.6 is 23.2 Å². The largest absolute Gasteiger partial charge is 0.463 e. The number of ether oxygens (including phenoxy) is 1. The maximum absolute atomic E-state index is 12.0. The van der Waals surface area contributed by atoms with E-state index in [2.05, 4.69) is 0 Å². The third kappa shape index (κ3) is 3.03. The zero-order valence-corrected chi connectivity index (χ0v) is 9.11. The van der Waals surface area contributed by atoms with Crippen molar-refractivity contribution in [2.75, 3.05) is 12.7 Å².